The SMILES string of the molecule is C[C@H](Oc1cccc(Cl)c1Cl)C(=O)NN. The van der Waals surface area contributed by atoms with Gasteiger partial charge in [-0.25, -0.2) is 5.84 Å². The summed E-state index contributed by atoms with van der Waals surface area (Å²) >= 11 is 11.6. The molecule has 1 aromatic rings. The van der Waals surface area contributed by atoms with Crippen molar-refractivity contribution in [3.8, 4) is 5.75 Å². The van der Waals surface area contributed by atoms with E-state index in [1.807, 2.05) is 5.43 Å². The van der Waals surface area contributed by atoms with Crippen LogP contribution in [-0.4, -0.2) is 12.0 Å². The Balaban J connectivity index is 2.81. The molecule has 0 unspecified atom stereocenters. The van der Waals surface area contributed by atoms with Crippen LogP contribution in [0.1, 0.15) is 6.92 Å². The number of halogens is 2. The zero-order chi connectivity index (χ0) is 11.4. The maximum Gasteiger partial charge on any atom is 0.274 e. The van der Waals surface area contributed by atoms with Gasteiger partial charge in [0.05, 0.1) is 5.02 Å². The Morgan fingerprint density at radius 1 is 1.53 bits per heavy atom. The molecule has 4 nitrogen and oxygen atoms in total. The van der Waals surface area contributed by atoms with Crippen LogP contribution >= 0.6 is 23.2 Å². The van der Waals surface area contributed by atoms with Crippen LogP contribution in [0.2, 0.25) is 10.0 Å². The summed E-state index contributed by atoms with van der Waals surface area (Å²) in [4.78, 5) is 11.1. The second-order valence-electron chi connectivity index (χ2n) is 2.82. The van der Waals surface area contributed by atoms with Crippen LogP contribution in [-0.2, 0) is 4.79 Å². The van der Waals surface area contributed by atoms with Gasteiger partial charge in [-0.3, -0.25) is 10.2 Å². The van der Waals surface area contributed by atoms with Crippen molar-refractivity contribution in [3.05, 3.63) is 28.2 Å². The maximum atomic E-state index is 11.1. The van der Waals surface area contributed by atoms with Gasteiger partial charge in [-0.15, -0.1) is 0 Å². The monoisotopic (exact) mass is 248 g/mol. The highest BCUT2D eigenvalue weighted by Gasteiger charge is 2.15. The number of hydrogen-bond donors (Lipinski definition) is 2. The Morgan fingerprint density at radius 2 is 2.20 bits per heavy atom. The fraction of sp³-hybridized carbons (Fsp3) is 0.222. The summed E-state index contributed by atoms with van der Waals surface area (Å²) in [7, 11) is 0. The molecular weight excluding hydrogens is 239 g/mol. The van der Waals surface area contributed by atoms with Crippen molar-refractivity contribution >= 4 is 29.1 Å². The minimum Gasteiger partial charge on any atom is -0.479 e. The standard InChI is InChI=1S/C9H10Cl2N2O2/c1-5(9(14)13-12)15-7-4-2-3-6(10)8(7)11/h2-5H,12H2,1H3,(H,13,14)/t5-/m0/s1. The average Bonchev–Trinajstić information content (AvgIpc) is 2.23. The topological polar surface area (TPSA) is 64.3 Å². The van der Waals surface area contributed by atoms with Crippen LogP contribution in [0.25, 0.3) is 0 Å². The Bertz CT molecular complexity index is 371. The summed E-state index contributed by atoms with van der Waals surface area (Å²) in [6.45, 7) is 1.55. The largest absolute Gasteiger partial charge is 0.479 e. The molecule has 0 aliphatic carbocycles. The third-order valence-electron chi connectivity index (χ3n) is 1.73. The molecule has 0 fully saturated rings. The highest BCUT2D eigenvalue weighted by Crippen LogP contribution is 2.31. The Morgan fingerprint density at radius 3 is 2.80 bits per heavy atom. The molecule has 15 heavy (non-hydrogen) atoms. The Kier molecular flexibility index (Phi) is 4.20. The van der Waals surface area contributed by atoms with Crippen molar-refractivity contribution < 1.29 is 9.53 Å². The lowest BCUT2D eigenvalue weighted by Gasteiger charge is -2.14. The van der Waals surface area contributed by atoms with Crippen LogP contribution in [0.15, 0.2) is 18.2 Å². The number of hydrogen-bond acceptors (Lipinski definition) is 3. The van der Waals surface area contributed by atoms with E-state index in [9.17, 15) is 4.79 Å². The van der Waals surface area contributed by atoms with Gasteiger partial charge in [0.2, 0.25) is 0 Å². The molecule has 82 valence electrons. The van der Waals surface area contributed by atoms with Crippen LogP contribution in [0.5, 0.6) is 5.75 Å². The van der Waals surface area contributed by atoms with Crippen molar-refractivity contribution in [2.75, 3.05) is 0 Å². The predicted octanol–water partition coefficient (Wildman–Crippen LogP) is 1.75. The van der Waals surface area contributed by atoms with Gasteiger partial charge >= 0.3 is 0 Å². The van der Waals surface area contributed by atoms with E-state index in [1.54, 1.807) is 25.1 Å². The molecule has 0 spiro atoms. The van der Waals surface area contributed by atoms with E-state index in [1.165, 1.54) is 0 Å². The van der Waals surface area contributed by atoms with E-state index in [0.29, 0.717) is 10.8 Å². The van der Waals surface area contributed by atoms with Gasteiger partial charge in [0.25, 0.3) is 5.91 Å². The molecule has 0 saturated carbocycles. The summed E-state index contributed by atoms with van der Waals surface area (Å²) in [5.41, 5.74) is 1.98. The number of nitrogens with two attached hydrogens (primary N) is 1. The second kappa shape index (κ2) is 5.21. The molecule has 0 saturated heterocycles. The van der Waals surface area contributed by atoms with E-state index >= 15 is 0 Å². The van der Waals surface area contributed by atoms with E-state index in [0.717, 1.165) is 0 Å². The number of benzene rings is 1. The molecule has 0 bridgehead atoms. The molecular formula is C9H10Cl2N2O2. The molecule has 6 heteroatoms. The highest BCUT2D eigenvalue weighted by molar-refractivity contribution is 6.42. The first kappa shape index (κ1) is 12.1. The number of amides is 1. The fourth-order valence-corrected chi connectivity index (χ4v) is 1.27. The lowest BCUT2D eigenvalue weighted by Crippen LogP contribution is -2.40. The van der Waals surface area contributed by atoms with Gasteiger partial charge in [-0.05, 0) is 19.1 Å². The summed E-state index contributed by atoms with van der Waals surface area (Å²) < 4.78 is 5.27. The van der Waals surface area contributed by atoms with E-state index in [-0.39, 0.29) is 5.02 Å². The van der Waals surface area contributed by atoms with Crippen LogP contribution in [0.3, 0.4) is 0 Å². The fourth-order valence-electron chi connectivity index (χ4n) is 0.936. The van der Waals surface area contributed by atoms with Crippen LogP contribution in [0, 0.1) is 0 Å². The van der Waals surface area contributed by atoms with Gasteiger partial charge in [-0.1, -0.05) is 29.3 Å². The number of rotatable bonds is 3. The lowest BCUT2D eigenvalue weighted by atomic mass is 10.3. The zero-order valence-electron chi connectivity index (χ0n) is 7.96. The molecule has 0 aliphatic rings. The van der Waals surface area contributed by atoms with Crippen LogP contribution in [0.4, 0.5) is 0 Å². The average molecular weight is 249 g/mol. The molecule has 1 rings (SSSR count). The van der Waals surface area contributed by atoms with E-state index in [2.05, 4.69) is 0 Å². The number of hydrazine groups is 1. The normalized spacial score (nSPS) is 12.0. The zero-order valence-corrected chi connectivity index (χ0v) is 9.47. The second-order valence-corrected chi connectivity index (χ2v) is 3.61. The molecule has 0 heterocycles. The molecule has 0 aliphatic heterocycles. The number of carbonyl (C=O) groups is 1. The quantitative estimate of drug-likeness (QED) is 0.487. The van der Waals surface area contributed by atoms with Crippen molar-refractivity contribution in [2.24, 2.45) is 5.84 Å². The Labute approximate surface area is 97.3 Å². The predicted molar refractivity (Wildman–Crippen MR) is 58.9 cm³/mol. The van der Waals surface area contributed by atoms with Gasteiger partial charge in [0.1, 0.15) is 10.8 Å². The molecule has 3 N–H and O–H groups in total. The minimum atomic E-state index is -0.731. The third kappa shape index (κ3) is 2.99. The van der Waals surface area contributed by atoms with E-state index < -0.39 is 12.0 Å². The number of ether oxygens (including phenoxy) is 1. The first-order valence-electron chi connectivity index (χ1n) is 4.17. The number of carbonyl (C=O) groups excluding carboxylic acids is 1. The smallest absolute Gasteiger partial charge is 0.274 e. The number of nitrogens with one attached hydrogen (secondary N) is 1. The maximum absolute atomic E-state index is 11.1. The molecule has 1 aromatic carbocycles. The van der Waals surface area contributed by atoms with Gasteiger partial charge in [-0.2, -0.15) is 0 Å². The van der Waals surface area contributed by atoms with Crippen molar-refractivity contribution in [2.45, 2.75) is 13.0 Å². The molecule has 0 radical (unpaired) electrons. The summed E-state index contributed by atoms with van der Waals surface area (Å²) in [6.07, 6.45) is -0.731. The summed E-state index contributed by atoms with van der Waals surface area (Å²) in [5.74, 6) is 4.86. The highest BCUT2D eigenvalue weighted by atomic mass is 35.5. The van der Waals surface area contributed by atoms with Gasteiger partial charge in [0.15, 0.2) is 6.10 Å². The van der Waals surface area contributed by atoms with Crippen molar-refractivity contribution in [1.29, 1.82) is 0 Å². The van der Waals surface area contributed by atoms with Gasteiger partial charge < -0.3 is 4.74 Å². The summed E-state index contributed by atoms with van der Waals surface area (Å²) in [5, 5.41) is 0.644. The van der Waals surface area contributed by atoms with E-state index in [4.69, 9.17) is 33.8 Å². The first-order valence-corrected chi connectivity index (χ1v) is 4.93. The minimum absolute atomic E-state index is 0.274. The lowest BCUT2D eigenvalue weighted by molar-refractivity contribution is -0.127. The molecule has 1 atom stereocenters. The van der Waals surface area contributed by atoms with Crippen LogP contribution < -0.4 is 16.0 Å². The molecule has 1 amide bonds. The third-order valence-corrected chi connectivity index (χ3v) is 2.53. The first-order chi connectivity index (χ1) is 7.06. The molecule has 0 aromatic heterocycles. The van der Waals surface area contributed by atoms with Crippen molar-refractivity contribution in [3.63, 3.8) is 0 Å². The van der Waals surface area contributed by atoms with Gasteiger partial charge in [0, 0.05) is 0 Å². The Hall–Kier alpha value is -0.970. The van der Waals surface area contributed by atoms with Crippen molar-refractivity contribution in [1.82, 2.24) is 5.43 Å². The summed E-state index contributed by atoms with van der Waals surface area (Å²) in [6, 6.07) is 4.93.